The number of methoxy groups -OCH3 is 1. The fourth-order valence-electron chi connectivity index (χ4n) is 1.96. The molecule has 0 bridgehead atoms. The molecule has 16 heavy (non-hydrogen) atoms. The van der Waals surface area contributed by atoms with Gasteiger partial charge in [0.2, 0.25) is 0 Å². The van der Waals surface area contributed by atoms with Crippen LogP contribution in [0.25, 0.3) is 0 Å². The van der Waals surface area contributed by atoms with Crippen molar-refractivity contribution in [2.45, 2.75) is 12.3 Å². The zero-order chi connectivity index (χ0) is 11.5. The molecule has 2 rings (SSSR count). The molecular formula is C12H16O4. The van der Waals surface area contributed by atoms with Crippen LogP contribution >= 0.6 is 0 Å². The first kappa shape index (κ1) is 11.2. The van der Waals surface area contributed by atoms with E-state index in [0.717, 1.165) is 12.0 Å². The number of hydrogen-bond acceptors (Lipinski definition) is 4. The predicted octanol–water partition coefficient (Wildman–Crippen LogP) is 1.47. The van der Waals surface area contributed by atoms with Crippen LogP contribution in [0.2, 0.25) is 0 Å². The van der Waals surface area contributed by atoms with Gasteiger partial charge >= 0.3 is 0 Å². The van der Waals surface area contributed by atoms with Crippen LogP contribution in [0.5, 0.6) is 11.5 Å². The Labute approximate surface area is 94.4 Å². The van der Waals surface area contributed by atoms with E-state index in [4.69, 9.17) is 14.6 Å². The molecule has 88 valence electrons. The number of aromatic hydroxyl groups is 1. The molecule has 1 saturated carbocycles. The van der Waals surface area contributed by atoms with E-state index in [1.165, 1.54) is 0 Å². The Hall–Kier alpha value is -1.26. The lowest BCUT2D eigenvalue weighted by atomic mass is 10.1. The van der Waals surface area contributed by atoms with Gasteiger partial charge in [0, 0.05) is 19.3 Å². The van der Waals surface area contributed by atoms with Crippen LogP contribution in [-0.4, -0.2) is 30.7 Å². The predicted molar refractivity (Wildman–Crippen MR) is 58.5 cm³/mol. The Morgan fingerprint density at radius 2 is 2.25 bits per heavy atom. The second-order valence-electron chi connectivity index (χ2n) is 4.02. The zero-order valence-electron chi connectivity index (χ0n) is 9.22. The highest BCUT2D eigenvalue weighted by Gasteiger charge is 2.41. The van der Waals surface area contributed by atoms with Gasteiger partial charge in [-0.2, -0.15) is 0 Å². The molecule has 2 unspecified atom stereocenters. The highest BCUT2D eigenvalue weighted by molar-refractivity contribution is 5.48. The lowest BCUT2D eigenvalue weighted by molar-refractivity contribution is 0.0502. The first-order chi connectivity index (χ1) is 7.77. The van der Waals surface area contributed by atoms with E-state index in [1.54, 1.807) is 25.3 Å². The zero-order valence-corrected chi connectivity index (χ0v) is 9.22. The van der Waals surface area contributed by atoms with E-state index >= 15 is 0 Å². The minimum absolute atomic E-state index is 0.155. The molecule has 1 aliphatic carbocycles. The third-order valence-electron chi connectivity index (χ3n) is 2.90. The summed E-state index contributed by atoms with van der Waals surface area (Å²) in [6.07, 6.45) is 0.900. The van der Waals surface area contributed by atoms with Gasteiger partial charge in [-0.1, -0.05) is 6.07 Å². The van der Waals surface area contributed by atoms with Gasteiger partial charge in [-0.05, 0) is 30.4 Å². The highest BCUT2D eigenvalue weighted by atomic mass is 16.7. The molecule has 1 aromatic carbocycles. The largest absolute Gasteiger partial charge is 0.508 e. The van der Waals surface area contributed by atoms with Crippen molar-refractivity contribution in [1.82, 2.24) is 0 Å². The minimum atomic E-state index is 0.155. The maximum Gasteiger partial charge on any atom is 0.188 e. The number of hydrogen-bond donors (Lipinski definition) is 2. The lowest BCUT2D eigenvalue weighted by Crippen LogP contribution is -2.02. The van der Waals surface area contributed by atoms with E-state index < -0.39 is 0 Å². The lowest BCUT2D eigenvalue weighted by Gasteiger charge is -2.11. The van der Waals surface area contributed by atoms with Crippen molar-refractivity contribution >= 4 is 0 Å². The highest BCUT2D eigenvalue weighted by Crippen LogP contribution is 2.52. The Kier molecular flexibility index (Phi) is 3.31. The third-order valence-corrected chi connectivity index (χ3v) is 2.90. The normalized spacial score (nSPS) is 23.1. The molecule has 1 fully saturated rings. The summed E-state index contributed by atoms with van der Waals surface area (Å²) in [6.45, 7) is 0.315. The summed E-state index contributed by atoms with van der Waals surface area (Å²) in [5.41, 5.74) is 0.790. The van der Waals surface area contributed by atoms with Gasteiger partial charge in [-0.15, -0.1) is 0 Å². The van der Waals surface area contributed by atoms with E-state index in [2.05, 4.69) is 0 Å². The van der Waals surface area contributed by atoms with Crippen LogP contribution in [0.15, 0.2) is 18.2 Å². The van der Waals surface area contributed by atoms with Crippen LogP contribution in [-0.2, 0) is 4.74 Å². The molecule has 4 heteroatoms. The van der Waals surface area contributed by atoms with Gasteiger partial charge in [0.25, 0.3) is 0 Å². The Bertz CT molecular complexity index is 364. The SMILES string of the molecule is COCOc1cccc(O)c1C1CC1CO. The number of phenols is 1. The molecule has 2 N–H and O–H groups in total. The van der Waals surface area contributed by atoms with E-state index in [1.807, 2.05) is 0 Å². The van der Waals surface area contributed by atoms with Crippen molar-refractivity contribution < 1.29 is 19.7 Å². The molecule has 0 aromatic heterocycles. The number of phenolic OH excluding ortho intramolecular Hbond substituents is 1. The smallest absolute Gasteiger partial charge is 0.188 e. The molecule has 1 aliphatic rings. The minimum Gasteiger partial charge on any atom is -0.508 e. The van der Waals surface area contributed by atoms with Crippen molar-refractivity contribution in [2.24, 2.45) is 5.92 Å². The van der Waals surface area contributed by atoms with Crippen LogP contribution in [0.4, 0.5) is 0 Å². The molecular weight excluding hydrogens is 208 g/mol. The molecule has 0 amide bonds. The summed E-state index contributed by atoms with van der Waals surface area (Å²) >= 11 is 0. The molecule has 1 aromatic rings. The fraction of sp³-hybridized carbons (Fsp3) is 0.500. The molecule has 0 aliphatic heterocycles. The summed E-state index contributed by atoms with van der Waals surface area (Å²) in [5.74, 6) is 1.33. The molecule has 2 atom stereocenters. The van der Waals surface area contributed by atoms with Gasteiger partial charge in [-0.3, -0.25) is 0 Å². The first-order valence-electron chi connectivity index (χ1n) is 5.32. The first-order valence-corrected chi connectivity index (χ1v) is 5.32. The van der Waals surface area contributed by atoms with Crippen molar-refractivity contribution in [3.63, 3.8) is 0 Å². The summed E-state index contributed by atoms with van der Waals surface area (Å²) in [6, 6.07) is 5.18. The second-order valence-corrected chi connectivity index (χ2v) is 4.02. The summed E-state index contributed by atoms with van der Waals surface area (Å²) in [4.78, 5) is 0. The van der Waals surface area contributed by atoms with Crippen LogP contribution in [0.3, 0.4) is 0 Å². The van der Waals surface area contributed by atoms with E-state index in [-0.39, 0.29) is 31.0 Å². The fourth-order valence-corrected chi connectivity index (χ4v) is 1.96. The average molecular weight is 224 g/mol. The molecule has 0 saturated heterocycles. The van der Waals surface area contributed by atoms with Crippen molar-refractivity contribution in [2.75, 3.05) is 20.5 Å². The van der Waals surface area contributed by atoms with Gasteiger partial charge in [0.05, 0.1) is 0 Å². The third kappa shape index (κ3) is 2.13. The maximum atomic E-state index is 9.81. The Morgan fingerprint density at radius 1 is 1.44 bits per heavy atom. The topological polar surface area (TPSA) is 58.9 Å². The van der Waals surface area contributed by atoms with Crippen LogP contribution in [0.1, 0.15) is 17.9 Å². The van der Waals surface area contributed by atoms with Gasteiger partial charge in [0.15, 0.2) is 6.79 Å². The van der Waals surface area contributed by atoms with Gasteiger partial charge < -0.3 is 19.7 Å². The molecule has 0 heterocycles. The number of ether oxygens (including phenoxy) is 2. The summed E-state index contributed by atoms with van der Waals surface area (Å²) in [5, 5.41) is 18.9. The molecule has 4 nitrogen and oxygen atoms in total. The summed E-state index contributed by atoms with van der Waals surface area (Å²) < 4.78 is 10.2. The van der Waals surface area contributed by atoms with Crippen LogP contribution in [0, 0.1) is 5.92 Å². The standard InChI is InChI=1S/C12H16O4/c1-15-7-16-11-4-2-3-10(14)12(11)9-5-8(9)6-13/h2-4,8-9,13-14H,5-7H2,1H3. The van der Waals surface area contributed by atoms with Crippen molar-refractivity contribution in [3.8, 4) is 11.5 Å². The Balaban J connectivity index is 2.20. The average Bonchev–Trinajstić information content (AvgIpc) is 3.05. The number of aliphatic hydroxyl groups is 1. The monoisotopic (exact) mass is 224 g/mol. The van der Waals surface area contributed by atoms with Gasteiger partial charge in [0.1, 0.15) is 11.5 Å². The van der Waals surface area contributed by atoms with E-state index in [0.29, 0.717) is 5.75 Å². The quantitative estimate of drug-likeness (QED) is 0.744. The maximum absolute atomic E-state index is 9.81. The number of aliphatic hydroxyl groups excluding tert-OH is 1. The number of rotatable bonds is 5. The molecule has 0 spiro atoms. The summed E-state index contributed by atoms with van der Waals surface area (Å²) in [7, 11) is 1.55. The molecule has 0 radical (unpaired) electrons. The number of benzene rings is 1. The van der Waals surface area contributed by atoms with Crippen LogP contribution < -0.4 is 4.74 Å². The second kappa shape index (κ2) is 4.72. The van der Waals surface area contributed by atoms with Crippen molar-refractivity contribution in [1.29, 1.82) is 0 Å². The van der Waals surface area contributed by atoms with E-state index in [9.17, 15) is 5.11 Å². The van der Waals surface area contributed by atoms with Crippen molar-refractivity contribution in [3.05, 3.63) is 23.8 Å². The van der Waals surface area contributed by atoms with Gasteiger partial charge in [-0.25, -0.2) is 0 Å². The Morgan fingerprint density at radius 3 is 2.88 bits per heavy atom.